The van der Waals surface area contributed by atoms with Crippen molar-refractivity contribution in [2.24, 2.45) is 5.92 Å². The van der Waals surface area contributed by atoms with Crippen molar-refractivity contribution in [1.82, 2.24) is 19.9 Å². The van der Waals surface area contributed by atoms with Crippen LogP contribution in [0.5, 0.6) is 0 Å². The van der Waals surface area contributed by atoms with E-state index in [4.69, 9.17) is 4.98 Å². The SMILES string of the molecule is C[C@@H]1CCCN(c2ncc3c(n2)[C@H]2CN(c4ccncn4)C[C@H]2S(=O)(=O)C3)C1. The lowest BCUT2D eigenvalue weighted by Gasteiger charge is -2.32. The maximum Gasteiger partial charge on any atom is 0.225 e. The van der Waals surface area contributed by atoms with Crippen LogP contribution in [-0.4, -0.2) is 59.8 Å². The van der Waals surface area contributed by atoms with Crippen LogP contribution in [0.4, 0.5) is 11.8 Å². The third-order valence-electron chi connectivity index (χ3n) is 6.15. The van der Waals surface area contributed by atoms with Crippen LogP contribution in [0.3, 0.4) is 0 Å². The minimum absolute atomic E-state index is 0.0256. The van der Waals surface area contributed by atoms with Gasteiger partial charge in [-0.15, -0.1) is 0 Å². The minimum Gasteiger partial charge on any atom is -0.354 e. The van der Waals surface area contributed by atoms with Gasteiger partial charge in [-0.3, -0.25) is 0 Å². The van der Waals surface area contributed by atoms with Gasteiger partial charge in [-0.2, -0.15) is 0 Å². The van der Waals surface area contributed by atoms with Crippen molar-refractivity contribution in [3.8, 4) is 0 Å². The van der Waals surface area contributed by atoms with Crippen LogP contribution >= 0.6 is 0 Å². The molecule has 3 aliphatic heterocycles. The van der Waals surface area contributed by atoms with Crippen molar-refractivity contribution in [1.29, 1.82) is 0 Å². The number of anilines is 2. The van der Waals surface area contributed by atoms with Crippen molar-refractivity contribution in [3.63, 3.8) is 0 Å². The Balaban J connectivity index is 1.50. The van der Waals surface area contributed by atoms with Crippen molar-refractivity contribution in [2.45, 2.75) is 36.7 Å². The first kappa shape index (κ1) is 17.8. The standard InChI is InChI=1S/C19H24N6O2S/c1-13-3-2-6-24(8-13)19-21-7-14-11-28(26,27)16-10-25(9-15(16)18(14)23-19)17-4-5-20-12-22-17/h4-5,7,12-13,15-16H,2-3,6,8-11H2,1H3/t13-,15+,16-/m1/s1. The largest absolute Gasteiger partial charge is 0.354 e. The van der Waals surface area contributed by atoms with E-state index in [1.165, 1.54) is 12.7 Å². The summed E-state index contributed by atoms with van der Waals surface area (Å²) in [6, 6.07) is 1.82. The predicted octanol–water partition coefficient (Wildman–Crippen LogP) is 1.40. The second kappa shape index (κ2) is 6.65. The van der Waals surface area contributed by atoms with Gasteiger partial charge in [0, 0.05) is 50.1 Å². The number of fused-ring (bicyclic) bond motifs is 3. The molecule has 5 heterocycles. The topological polar surface area (TPSA) is 92.2 Å². The van der Waals surface area contributed by atoms with Crippen LogP contribution in [0.1, 0.15) is 36.9 Å². The molecule has 2 fully saturated rings. The van der Waals surface area contributed by atoms with Crippen molar-refractivity contribution in [3.05, 3.63) is 36.0 Å². The number of nitrogens with zero attached hydrogens (tertiary/aromatic N) is 6. The maximum atomic E-state index is 12.9. The average molecular weight is 401 g/mol. The maximum absolute atomic E-state index is 12.9. The summed E-state index contributed by atoms with van der Waals surface area (Å²) in [5, 5.41) is -0.446. The number of hydrogen-bond donors (Lipinski definition) is 0. The van der Waals surface area contributed by atoms with Gasteiger partial charge in [-0.05, 0) is 24.8 Å². The Morgan fingerprint density at radius 1 is 1.14 bits per heavy atom. The highest BCUT2D eigenvalue weighted by molar-refractivity contribution is 7.91. The van der Waals surface area contributed by atoms with Gasteiger partial charge in [-0.25, -0.2) is 28.4 Å². The first-order valence-electron chi connectivity index (χ1n) is 9.84. The Morgan fingerprint density at radius 2 is 2.04 bits per heavy atom. The molecule has 0 spiro atoms. The quantitative estimate of drug-likeness (QED) is 0.747. The van der Waals surface area contributed by atoms with Gasteiger partial charge in [0.05, 0.1) is 16.7 Å². The van der Waals surface area contributed by atoms with Gasteiger partial charge in [0.25, 0.3) is 0 Å². The fourth-order valence-corrected chi connectivity index (χ4v) is 6.74. The Kier molecular flexibility index (Phi) is 4.22. The molecule has 0 N–H and O–H groups in total. The summed E-state index contributed by atoms with van der Waals surface area (Å²) < 4.78 is 25.8. The predicted molar refractivity (Wildman–Crippen MR) is 106 cm³/mol. The molecule has 0 bridgehead atoms. The van der Waals surface area contributed by atoms with E-state index in [1.807, 2.05) is 11.0 Å². The normalized spacial score (nSPS) is 28.7. The van der Waals surface area contributed by atoms with E-state index < -0.39 is 15.1 Å². The van der Waals surface area contributed by atoms with Crippen LogP contribution in [0.25, 0.3) is 0 Å². The zero-order valence-electron chi connectivity index (χ0n) is 15.9. The molecule has 148 valence electrons. The third-order valence-corrected chi connectivity index (χ3v) is 8.26. The summed E-state index contributed by atoms with van der Waals surface area (Å²) in [6.07, 6.45) is 7.29. The van der Waals surface area contributed by atoms with E-state index in [2.05, 4.69) is 26.8 Å². The molecule has 2 aromatic heterocycles. The van der Waals surface area contributed by atoms with Crippen molar-refractivity contribution < 1.29 is 8.42 Å². The second-order valence-corrected chi connectivity index (χ2v) is 10.4. The first-order valence-corrected chi connectivity index (χ1v) is 11.6. The molecule has 0 saturated carbocycles. The Hall–Kier alpha value is -2.29. The molecule has 0 unspecified atom stereocenters. The number of aromatic nitrogens is 4. The molecular formula is C19H24N6O2S. The summed E-state index contributed by atoms with van der Waals surface area (Å²) in [5.74, 6) is 2.01. The van der Waals surface area contributed by atoms with Gasteiger partial charge >= 0.3 is 0 Å². The summed E-state index contributed by atoms with van der Waals surface area (Å²) in [6.45, 7) is 5.22. The third kappa shape index (κ3) is 3.01. The van der Waals surface area contributed by atoms with Gasteiger partial charge in [0.2, 0.25) is 5.95 Å². The van der Waals surface area contributed by atoms with E-state index in [9.17, 15) is 8.42 Å². The zero-order valence-corrected chi connectivity index (χ0v) is 16.7. The minimum atomic E-state index is -3.24. The molecule has 3 aliphatic rings. The lowest BCUT2D eigenvalue weighted by Crippen LogP contribution is -2.38. The molecule has 3 atom stereocenters. The Labute approximate surface area is 165 Å². The molecule has 8 nitrogen and oxygen atoms in total. The van der Waals surface area contributed by atoms with Crippen LogP contribution in [0.2, 0.25) is 0 Å². The van der Waals surface area contributed by atoms with E-state index >= 15 is 0 Å². The molecule has 0 aromatic carbocycles. The molecule has 0 aliphatic carbocycles. The summed E-state index contributed by atoms with van der Waals surface area (Å²) in [5.41, 5.74) is 1.65. The summed E-state index contributed by atoms with van der Waals surface area (Å²) in [7, 11) is -3.24. The number of hydrogen-bond acceptors (Lipinski definition) is 8. The van der Waals surface area contributed by atoms with Crippen LogP contribution in [0, 0.1) is 5.92 Å². The van der Waals surface area contributed by atoms with E-state index in [0.717, 1.165) is 42.5 Å². The number of piperidine rings is 1. The smallest absolute Gasteiger partial charge is 0.225 e. The van der Waals surface area contributed by atoms with Gasteiger partial charge < -0.3 is 9.80 Å². The number of sulfone groups is 1. The molecule has 0 amide bonds. The van der Waals surface area contributed by atoms with Gasteiger partial charge in [0.1, 0.15) is 12.1 Å². The highest BCUT2D eigenvalue weighted by Crippen LogP contribution is 2.40. The Bertz CT molecular complexity index is 983. The average Bonchev–Trinajstić information content (AvgIpc) is 3.15. The molecule has 2 aromatic rings. The lowest BCUT2D eigenvalue weighted by atomic mass is 9.99. The molecule has 0 radical (unpaired) electrons. The van der Waals surface area contributed by atoms with E-state index in [-0.39, 0.29) is 11.7 Å². The highest BCUT2D eigenvalue weighted by Gasteiger charge is 2.48. The molecule has 2 saturated heterocycles. The summed E-state index contributed by atoms with van der Waals surface area (Å²) in [4.78, 5) is 22.0. The monoisotopic (exact) mass is 400 g/mol. The lowest BCUT2D eigenvalue weighted by molar-refractivity contribution is 0.441. The van der Waals surface area contributed by atoms with Crippen LogP contribution in [-0.2, 0) is 15.6 Å². The Morgan fingerprint density at radius 3 is 2.82 bits per heavy atom. The van der Waals surface area contributed by atoms with Crippen LogP contribution in [0.15, 0.2) is 24.8 Å². The van der Waals surface area contributed by atoms with Crippen molar-refractivity contribution in [2.75, 3.05) is 36.0 Å². The van der Waals surface area contributed by atoms with Gasteiger partial charge in [-0.1, -0.05) is 6.92 Å². The van der Waals surface area contributed by atoms with E-state index in [0.29, 0.717) is 19.0 Å². The van der Waals surface area contributed by atoms with E-state index in [1.54, 1.807) is 12.4 Å². The molecule has 9 heteroatoms. The highest BCUT2D eigenvalue weighted by atomic mass is 32.2. The number of rotatable bonds is 2. The molecule has 28 heavy (non-hydrogen) atoms. The zero-order chi connectivity index (χ0) is 19.3. The van der Waals surface area contributed by atoms with Crippen molar-refractivity contribution >= 4 is 21.6 Å². The molecular weight excluding hydrogens is 376 g/mol. The first-order chi connectivity index (χ1) is 13.5. The fraction of sp³-hybridized carbons (Fsp3) is 0.579. The van der Waals surface area contributed by atoms with Crippen LogP contribution < -0.4 is 9.80 Å². The summed E-state index contributed by atoms with van der Waals surface area (Å²) >= 11 is 0. The second-order valence-electron chi connectivity index (χ2n) is 8.20. The molecule has 5 rings (SSSR count). The fourth-order valence-electron chi connectivity index (χ4n) is 4.75. The van der Waals surface area contributed by atoms with Gasteiger partial charge in [0.15, 0.2) is 9.84 Å².